The van der Waals surface area contributed by atoms with Crippen molar-refractivity contribution in [2.24, 2.45) is 0 Å². The lowest BCUT2D eigenvalue weighted by molar-refractivity contribution is -0.142. The predicted molar refractivity (Wildman–Crippen MR) is 50.9 cm³/mol. The first-order valence-electron chi connectivity index (χ1n) is 4.27. The molecule has 0 aliphatic rings. The lowest BCUT2D eigenvalue weighted by Crippen LogP contribution is -2.14. The second kappa shape index (κ2) is 5.11. The van der Waals surface area contributed by atoms with E-state index in [2.05, 4.69) is 4.74 Å². The molecule has 0 saturated carbocycles. The summed E-state index contributed by atoms with van der Waals surface area (Å²) in [6.07, 6.45) is 0. The zero-order valence-electron chi connectivity index (χ0n) is 8.40. The number of esters is 1. The van der Waals surface area contributed by atoms with E-state index in [0.717, 1.165) is 13.2 Å². The lowest BCUT2D eigenvalue weighted by atomic mass is 10.2. The smallest absolute Gasteiger partial charge is 0.343 e. The van der Waals surface area contributed by atoms with Crippen molar-refractivity contribution in [3.05, 3.63) is 29.6 Å². The fraction of sp³-hybridized carbons (Fsp3) is 0.200. The van der Waals surface area contributed by atoms with E-state index >= 15 is 0 Å². The molecule has 1 rings (SSSR count). The van der Waals surface area contributed by atoms with Crippen molar-refractivity contribution in [3.63, 3.8) is 0 Å². The van der Waals surface area contributed by atoms with Gasteiger partial charge in [-0.1, -0.05) is 6.07 Å². The first kappa shape index (κ1) is 12.0. The highest BCUT2D eigenvalue weighted by Crippen LogP contribution is 2.21. The molecule has 0 aliphatic heterocycles. The number of carboxylic acids is 1. The normalized spacial score (nSPS) is 9.62. The number of hydrogen-bond acceptors (Lipinski definition) is 4. The van der Waals surface area contributed by atoms with E-state index in [1.807, 2.05) is 0 Å². The van der Waals surface area contributed by atoms with E-state index < -0.39 is 29.9 Å². The lowest BCUT2D eigenvalue weighted by Gasteiger charge is -2.08. The minimum atomic E-state index is -1.46. The Bertz CT molecular complexity index is 416. The highest BCUT2D eigenvalue weighted by Gasteiger charge is 2.17. The van der Waals surface area contributed by atoms with Gasteiger partial charge in [-0.2, -0.15) is 0 Å². The fourth-order valence-electron chi connectivity index (χ4n) is 1.03. The van der Waals surface area contributed by atoms with Gasteiger partial charge in [-0.05, 0) is 12.1 Å². The van der Waals surface area contributed by atoms with Crippen LogP contribution in [0.15, 0.2) is 18.2 Å². The van der Waals surface area contributed by atoms with Gasteiger partial charge in [0.1, 0.15) is 17.1 Å². The molecular weight excluding hydrogens is 219 g/mol. The zero-order valence-corrected chi connectivity index (χ0v) is 8.40. The summed E-state index contributed by atoms with van der Waals surface area (Å²) in [4.78, 5) is 21.5. The van der Waals surface area contributed by atoms with Crippen LogP contribution in [0.4, 0.5) is 4.39 Å². The molecule has 0 atom stereocenters. The number of carbonyl (C=O) groups excluding carboxylic acids is 1. The summed E-state index contributed by atoms with van der Waals surface area (Å²) in [5.74, 6) is -3.27. The number of rotatable bonds is 4. The van der Waals surface area contributed by atoms with E-state index in [4.69, 9.17) is 9.84 Å². The summed E-state index contributed by atoms with van der Waals surface area (Å²) in [5, 5.41) is 8.73. The van der Waals surface area contributed by atoms with Crippen LogP contribution in [0.5, 0.6) is 5.75 Å². The highest BCUT2D eigenvalue weighted by molar-refractivity contribution is 5.91. The molecule has 0 fully saturated rings. The van der Waals surface area contributed by atoms with E-state index in [-0.39, 0.29) is 5.75 Å². The summed E-state index contributed by atoms with van der Waals surface area (Å²) in [6.45, 7) is -0.472. The van der Waals surface area contributed by atoms with Gasteiger partial charge in [-0.15, -0.1) is 0 Å². The number of ether oxygens (including phenoxy) is 2. The van der Waals surface area contributed by atoms with Gasteiger partial charge in [0.05, 0.1) is 7.11 Å². The van der Waals surface area contributed by atoms with Gasteiger partial charge in [-0.3, -0.25) is 0 Å². The molecule has 16 heavy (non-hydrogen) atoms. The number of carbonyl (C=O) groups is 2. The van der Waals surface area contributed by atoms with Gasteiger partial charge in [0, 0.05) is 0 Å². The molecule has 0 heterocycles. The maximum absolute atomic E-state index is 13.1. The van der Waals surface area contributed by atoms with Crippen molar-refractivity contribution in [3.8, 4) is 5.75 Å². The van der Waals surface area contributed by atoms with Gasteiger partial charge < -0.3 is 14.6 Å². The Labute approximate surface area is 90.4 Å². The average molecular weight is 228 g/mol. The molecule has 0 spiro atoms. The van der Waals surface area contributed by atoms with E-state index in [1.54, 1.807) is 0 Å². The standard InChI is InChI=1S/C10H9FO5/c1-15-8(12)5-16-7-4-2-3-6(11)9(7)10(13)14/h2-4H,5H2,1H3,(H,13,14). The molecule has 0 amide bonds. The number of hydrogen-bond donors (Lipinski definition) is 1. The molecule has 1 aromatic carbocycles. The Morgan fingerprint density at radius 3 is 2.69 bits per heavy atom. The SMILES string of the molecule is COC(=O)COc1cccc(F)c1C(=O)O. The Kier molecular flexibility index (Phi) is 3.82. The van der Waals surface area contributed by atoms with Crippen LogP contribution in [0.25, 0.3) is 0 Å². The van der Waals surface area contributed by atoms with Gasteiger partial charge in [0.15, 0.2) is 6.61 Å². The largest absolute Gasteiger partial charge is 0.481 e. The molecule has 1 N–H and O–H groups in total. The monoisotopic (exact) mass is 228 g/mol. The summed E-state index contributed by atoms with van der Waals surface area (Å²) in [6, 6.07) is 3.54. The van der Waals surface area contributed by atoms with Crippen LogP contribution in [0.1, 0.15) is 10.4 Å². The van der Waals surface area contributed by atoms with Crippen molar-refractivity contribution in [2.45, 2.75) is 0 Å². The number of carboxylic acid groups (broad SMARTS) is 1. The topological polar surface area (TPSA) is 72.8 Å². The maximum atomic E-state index is 13.1. The van der Waals surface area contributed by atoms with Gasteiger partial charge in [0.2, 0.25) is 0 Å². The van der Waals surface area contributed by atoms with Crippen LogP contribution < -0.4 is 4.74 Å². The second-order valence-electron chi connectivity index (χ2n) is 2.78. The first-order chi connectivity index (χ1) is 7.56. The van der Waals surface area contributed by atoms with Gasteiger partial charge >= 0.3 is 11.9 Å². The Hall–Kier alpha value is -2.11. The van der Waals surface area contributed by atoms with Crippen LogP contribution in [0.2, 0.25) is 0 Å². The zero-order chi connectivity index (χ0) is 12.1. The Balaban J connectivity index is 2.91. The second-order valence-corrected chi connectivity index (χ2v) is 2.78. The van der Waals surface area contributed by atoms with Crippen LogP contribution in [-0.2, 0) is 9.53 Å². The third kappa shape index (κ3) is 2.69. The summed E-state index contributed by atoms with van der Waals surface area (Å²) in [7, 11) is 1.16. The number of halogens is 1. The van der Waals surface area contributed by atoms with Gasteiger partial charge in [0.25, 0.3) is 0 Å². The summed E-state index contributed by atoms with van der Waals surface area (Å²) < 4.78 is 22.3. The maximum Gasteiger partial charge on any atom is 0.343 e. The van der Waals surface area contributed by atoms with E-state index in [0.29, 0.717) is 0 Å². The van der Waals surface area contributed by atoms with Crippen LogP contribution >= 0.6 is 0 Å². The molecule has 86 valence electrons. The summed E-state index contributed by atoms with van der Waals surface area (Å²) >= 11 is 0. The number of methoxy groups -OCH3 is 1. The number of benzene rings is 1. The minimum Gasteiger partial charge on any atom is -0.481 e. The van der Waals surface area contributed by atoms with E-state index in [9.17, 15) is 14.0 Å². The molecule has 0 radical (unpaired) electrons. The molecular formula is C10H9FO5. The van der Waals surface area contributed by atoms with Crippen LogP contribution in [0.3, 0.4) is 0 Å². The predicted octanol–water partition coefficient (Wildman–Crippen LogP) is 1.08. The highest BCUT2D eigenvalue weighted by atomic mass is 19.1. The molecule has 0 saturated heterocycles. The molecule has 6 heteroatoms. The molecule has 5 nitrogen and oxygen atoms in total. The molecule has 1 aromatic rings. The minimum absolute atomic E-state index is 0.210. The quantitative estimate of drug-likeness (QED) is 0.780. The average Bonchev–Trinajstić information content (AvgIpc) is 2.25. The third-order valence-corrected chi connectivity index (χ3v) is 1.76. The molecule has 0 aliphatic carbocycles. The van der Waals surface area contributed by atoms with Crippen LogP contribution in [-0.4, -0.2) is 30.8 Å². The van der Waals surface area contributed by atoms with Crippen molar-refractivity contribution in [1.82, 2.24) is 0 Å². The first-order valence-corrected chi connectivity index (χ1v) is 4.27. The molecule has 0 aromatic heterocycles. The number of aromatic carboxylic acids is 1. The van der Waals surface area contributed by atoms with Crippen molar-refractivity contribution < 1.29 is 28.6 Å². The third-order valence-electron chi connectivity index (χ3n) is 1.76. The van der Waals surface area contributed by atoms with Crippen LogP contribution in [0, 0.1) is 5.82 Å². The van der Waals surface area contributed by atoms with Crippen molar-refractivity contribution in [2.75, 3.05) is 13.7 Å². The molecule has 0 bridgehead atoms. The Morgan fingerprint density at radius 2 is 2.12 bits per heavy atom. The van der Waals surface area contributed by atoms with E-state index in [1.165, 1.54) is 12.1 Å². The Morgan fingerprint density at radius 1 is 1.44 bits per heavy atom. The molecule has 0 unspecified atom stereocenters. The summed E-state index contributed by atoms with van der Waals surface area (Å²) in [5.41, 5.74) is -0.605. The van der Waals surface area contributed by atoms with Crippen molar-refractivity contribution >= 4 is 11.9 Å². The van der Waals surface area contributed by atoms with Gasteiger partial charge in [-0.25, -0.2) is 14.0 Å². The fourth-order valence-corrected chi connectivity index (χ4v) is 1.03. The van der Waals surface area contributed by atoms with Crippen molar-refractivity contribution in [1.29, 1.82) is 0 Å².